The Hall–Kier alpha value is -0.870. The summed E-state index contributed by atoms with van der Waals surface area (Å²) in [6.45, 7) is 5.24. The van der Waals surface area contributed by atoms with Crippen molar-refractivity contribution < 1.29 is 5.11 Å². The molecule has 0 bridgehead atoms. The summed E-state index contributed by atoms with van der Waals surface area (Å²) in [6.07, 6.45) is 8.60. The molecule has 2 atom stereocenters. The fraction of sp³-hybridized carbons (Fsp3) is 0.812. The Morgan fingerprint density at radius 2 is 2.05 bits per heavy atom. The molecular formula is C16H29N3O. The van der Waals surface area contributed by atoms with Gasteiger partial charge in [-0.05, 0) is 38.8 Å². The number of hydrogen-bond donors (Lipinski definition) is 1. The van der Waals surface area contributed by atoms with Gasteiger partial charge in [0.2, 0.25) is 0 Å². The molecule has 0 amide bonds. The number of rotatable bonds is 6. The van der Waals surface area contributed by atoms with Crippen molar-refractivity contribution in [3.63, 3.8) is 0 Å². The van der Waals surface area contributed by atoms with Crippen molar-refractivity contribution in [2.24, 2.45) is 0 Å². The lowest BCUT2D eigenvalue weighted by molar-refractivity contribution is 0.0282. The van der Waals surface area contributed by atoms with Crippen molar-refractivity contribution >= 4 is 0 Å². The monoisotopic (exact) mass is 279 g/mol. The second-order valence-corrected chi connectivity index (χ2v) is 6.09. The summed E-state index contributed by atoms with van der Waals surface area (Å²) < 4.78 is 2.10. The summed E-state index contributed by atoms with van der Waals surface area (Å²) in [5.41, 5.74) is 1.11. The molecule has 20 heavy (non-hydrogen) atoms. The van der Waals surface area contributed by atoms with E-state index in [9.17, 15) is 5.11 Å². The van der Waals surface area contributed by atoms with E-state index < -0.39 is 0 Å². The third-order valence-corrected chi connectivity index (χ3v) is 4.65. The van der Waals surface area contributed by atoms with Crippen LogP contribution in [0.2, 0.25) is 0 Å². The fourth-order valence-electron chi connectivity index (χ4n) is 3.31. The van der Waals surface area contributed by atoms with Gasteiger partial charge in [0.25, 0.3) is 0 Å². The molecule has 1 aromatic heterocycles. The van der Waals surface area contributed by atoms with Gasteiger partial charge in [-0.25, -0.2) is 0 Å². The predicted octanol–water partition coefficient (Wildman–Crippen LogP) is 2.98. The molecule has 1 fully saturated rings. The topological polar surface area (TPSA) is 41.3 Å². The van der Waals surface area contributed by atoms with E-state index in [1.807, 2.05) is 0 Å². The highest BCUT2D eigenvalue weighted by atomic mass is 16.3. The Morgan fingerprint density at radius 1 is 1.35 bits per heavy atom. The lowest BCUT2D eigenvalue weighted by atomic mass is 9.91. The molecule has 2 rings (SSSR count). The van der Waals surface area contributed by atoms with E-state index in [1.54, 1.807) is 0 Å². The molecule has 0 aliphatic heterocycles. The third-order valence-electron chi connectivity index (χ3n) is 4.65. The fourth-order valence-corrected chi connectivity index (χ4v) is 3.31. The Balaban J connectivity index is 1.95. The number of likely N-dealkylation sites (N-methyl/N-ethyl adjacent to an activating group) is 1. The number of hydrogen-bond acceptors (Lipinski definition) is 3. The van der Waals surface area contributed by atoms with Crippen LogP contribution in [0, 0.1) is 0 Å². The van der Waals surface area contributed by atoms with E-state index in [2.05, 4.69) is 42.7 Å². The average molecular weight is 279 g/mol. The van der Waals surface area contributed by atoms with Gasteiger partial charge >= 0.3 is 0 Å². The molecule has 114 valence electrons. The van der Waals surface area contributed by atoms with E-state index in [-0.39, 0.29) is 6.10 Å². The standard InChI is InChI=1S/C16H29N3O/c1-4-14(5-2)19-11-10-13(17-19)12-18(3)15-8-6-7-9-16(15)20/h10-11,14-16,20H,4-9,12H2,1-3H3. The smallest absolute Gasteiger partial charge is 0.0764 e. The second kappa shape index (κ2) is 7.23. The number of aliphatic hydroxyl groups is 1. The number of aromatic nitrogens is 2. The summed E-state index contributed by atoms with van der Waals surface area (Å²) >= 11 is 0. The van der Waals surface area contributed by atoms with E-state index in [4.69, 9.17) is 5.10 Å². The minimum absolute atomic E-state index is 0.171. The van der Waals surface area contributed by atoms with E-state index >= 15 is 0 Å². The summed E-state index contributed by atoms with van der Waals surface area (Å²) in [5, 5.41) is 14.8. The van der Waals surface area contributed by atoms with Crippen LogP contribution in [0.1, 0.15) is 64.1 Å². The lowest BCUT2D eigenvalue weighted by Gasteiger charge is -2.34. The molecule has 1 aromatic rings. The Kier molecular flexibility index (Phi) is 5.61. The first-order valence-corrected chi connectivity index (χ1v) is 8.08. The van der Waals surface area contributed by atoms with Gasteiger partial charge in [-0.3, -0.25) is 9.58 Å². The zero-order valence-corrected chi connectivity index (χ0v) is 13.1. The molecule has 1 aliphatic rings. The summed E-state index contributed by atoms with van der Waals surface area (Å²) in [7, 11) is 2.11. The first kappa shape index (κ1) is 15.5. The molecule has 1 heterocycles. The highest BCUT2D eigenvalue weighted by Crippen LogP contribution is 2.23. The molecule has 1 N–H and O–H groups in total. The molecule has 1 aliphatic carbocycles. The van der Waals surface area contributed by atoms with Crippen LogP contribution in [0.4, 0.5) is 0 Å². The molecule has 4 nitrogen and oxygen atoms in total. The summed E-state index contributed by atoms with van der Waals surface area (Å²) in [6, 6.07) is 2.92. The quantitative estimate of drug-likeness (QED) is 0.870. The number of aliphatic hydroxyl groups excluding tert-OH is 1. The molecule has 2 unspecified atom stereocenters. The Morgan fingerprint density at radius 3 is 2.70 bits per heavy atom. The first-order chi connectivity index (χ1) is 9.65. The van der Waals surface area contributed by atoms with Gasteiger partial charge in [-0.2, -0.15) is 5.10 Å². The van der Waals surface area contributed by atoms with Crippen LogP contribution in [-0.2, 0) is 6.54 Å². The summed E-state index contributed by atoms with van der Waals surface area (Å²) in [5.74, 6) is 0. The minimum atomic E-state index is -0.171. The highest BCUT2D eigenvalue weighted by molar-refractivity contribution is 5.00. The molecule has 0 spiro atoms. The van der Waals surface area contributed by atoms with Crippen molar-refractivity contribution in [1.29, 1.82) is 0 Å². The zero-order valence-electron chi connectivity index (χ0n) is 13.1. The largest absolute Gasteiger partial charge is 0.391 e. The Labute approximate surface area is 122 Å². The van der Waals surface area contributed by atoms with Crippen LogP contribution in [0.15, 0.2) is 12.3 Å². The van der Waals surface area contributed by atoms with Crippen molar-refractivity contribution in [3.8, 4) is 0 Å². The molecule has 0 saturated heterocycles. The summed E-state index contributed by atoms with van der Waals surface area (Å²) in [4.78, 5) is 2.27. The maximum atomic E-state index is 10.1. The maximum Gasteiger partial charge on any atom is 0.0764 e. The maximum absolute atomic E-state index is 10.1. The zero-order chi connectivity index (χ0) is 14.5. The normalized spacial score (nSPS) is 23.7. The van der Waals surface area contributed by atoms with E-state index in [1.165, 1.54) is 6.42 Å². The highest BCUT2D eigenvalue weighted by Gasteiger charge is 2.26. The molecule has 0 radical (unpaired) electrons. The molecule has 1 saturated carbocycles. The third kappa shape index (κ3) is 3.61. The van der Waals surface area contributed by atoms with E-state index in [0.717, 1.165) is 44.3 Å². The van der Waals surface area contributed by atoms with Crippen molar-refractivity contribution in [3.05, 3.63) is 18.0 Å². The lowest BCUT2D eigenvalue weighted by Crippen LogP contribution is -2.42. The molecule has 0 aromatic carbocycles. The van der Waals surface area contributed by atoms with Gasteiger partial charge in [0.05, 0.1) is 17.8 Å². The van der Waals surface area contributed by atoms with Crippen LogP contribution in [0.3, 0.4) is 0 Å². The van der Waals surface area contributed by atoms with Gasteiger partial charge < -0.3 is 5.11 Å². The first-order valence-electron chi connectivity index (χ1n) is 8.08. The van der Waals surface area contributed by atoms with Crippen LogP contribution in [-0.4, -0.2) is 39.0 Å². The van der Waals surface area contributed by atoms with Crippen LogP contribution in [0.5, 0.6) is 0 Å². The van der Waals surface area contributed by atoms with Crippen molar-refractivity contribution in [1.82, 2.24) is 14.7 Å². The molecule has 4 heteroatoms. The van der Waals surface area contributed by atoms with Crippen LogP contribution < -0.4 is 0 Å². The van der Waals surface area contributed by atoms with Crippen molar-refractivity contribution in [2.45, 2.75) is 77.1 Å². The second-order valence-electron chi connectivity index (χ2n) is 6.09. The van der Waals surface area contributed by atoms with Gasteiger partial charge in [0, 0.05) is 18.8 Å². The van der Waals surface area contributed by atoms with Crippen LogP contribution in [0.25, 0.3) is 0 Å². The van der Waals surface area contributed by atoms with Gasteiger partial charge in [-0.15, -0.1) is 0 Å². The van der Waals surface area contributed by atoms with E-state index in [0.29, 0.717) is 12.1 Å². The van der Waals surface area contributed by atoms with Gasteiger partial charge in [0.1, 0.15) is 0 Å². The van der Waals surface area contributed by atoms with Crippen molar-refractivity contribution in [2.75, 3.05) is 7.05 Å². The Bertz CT molecular complexity index is 400. The van der Waals surface area contributed by atoms with Crippen LogP contribution >= 0.6 is 0 Å². The number of nitrogens with zero attached hydrogens (tertiary/aromatic N) is 3. The molecular weight excluding hydrogens is 250 g/mol. The van der Waals surface area contributed by atoms with Gasteiger partial charge in [-0.1, -0.05) is 26.7 Å². The average Bonchev–Trinajstić information content (AvgIpc) is 2.89. The SMILES string of the molecule is CCC(CC)n1ccc(CN(C)C2CCCCC2O)n1. The predicted molar refractivity (Wildman–Crippen MR) is 81.6 cm³/mol. The minimum Gasteiger partial charge on any atom is -0.391 e. The van der Waals surface area contributed by atoms with Gasteiger partial charge in [0.15, 0.2) is 0 Å².